The van der Waals surface area contributed by atoms with Gasteiger partial charge in [0.05, 0.1) is 6.67 Å². The van der Waals surface area contributed by atoms with Crippen molar-refractivity contribution in [3.8, 4) is 0 Å². The highest BCUT2D eigenvalue weighted by molar-refractivity contribution is 7.87. The normalized spacial score (nSPS) is 20.2. The van der Waals surface area contributed by atoms with Crippen molar-refractivity contribution < 1.29 is 39.8 Å². The summed E-state index contributed by atoms with van der Waals surface area (Å²) in [5.74, 6) is -0.278. The largest absolute Gasteiger partial charge is 0.534 e. The Morgan fingerprint density at radius 2 is 1.73 bits per heavy atom. The Balaban J connectivity index is 0.00000105. The van der Waals surface area contributed by atoms with Crippen molar-refractivity contribution in [1.29, 1.82) is 0 Å². The molecule has 0 aliphatic heterocycles. The van der Waals surface area contributed by atoms with Crippen molar-refractivity contribution in [3.63, 3.8) is 0 Å². The molecule has 0 saturated carbocycles. The fourth-order valence-corrected chi connectivity index (χ4v) is 3.07. The van der Waals surface area contributed by atoms with E-state index < -0.39 is 27.7 Å². The zero-order valence-electron chi connectivity index (χ0n) is 13.5. The Morgan fingerprint density at radius 1 is 1.15 bits per heavy atom. The van der Waals surface area contributed by atoms with Gasteiger partial charge in [-0.1, -0.05) is 30.3 Å². The first-order valence-corrected chi connectivity index (χ1v) is 8.79. The standard InChI is InChI=1S/C15H16F4O3S.CO2/c16-11-14(10-12-4-2-1-3-5-12)8-6-13(7-9-14)22-23(20,21)15(17,18)19;2-1-3/h1-6H,7-11H2;. The Hall–Kier alpha value is -2.19. The number of hydrogen-bond acceptors (Lipinski definition) is 5. The number of rotatable bonds is 5. The molecule has 0 spiro atoms. The molecule has 1 aromatic carbocycles. The van der Waals surface area contributed by atoms with Gasteiger partial charge >= 0.3 is 21.8 Å². The third-order valence-electron chi connectivity index (χ3n) is 3.87. The molecule has 10 heteroatoms. The Morgan fingerprint density at radius 3 is 2.15 bits per heavy atom. The first-order valence-electron chi connectivity index (χ1n) is 7.38. The zero-order chi connectivity index (χ0) is 19.8. The molecule has 144 valence electrons. The average Bonchev–Trinajstić information content (AvgIpc) is 2.57. The number of hydrogen-bond donors (Lipinski definition) is 0. The molecule has 0 amide bonds. The fraction of sp³-hybridized carbons (Fsp3) is 0.438. The van der Waals surface area contributed by atoms with Crippen LogP contribution in [0.15, 0.2) is 42.2 Å². The number of benzene rings is 1. The van der Waals surface area contributed by atoms with E-state index in [4.69, 9.17) is 9.59 Å². The van der Waals surface area contributed by atoms with Crippen LogP contribution in [0.3, 0.4) is 0 Å². The van der Waals surface area contributed by atoms with E-state index in [9.17, 15) is 26.0 Å². The molecule has 0 aromatic heterocycles. The molecule has 0 fully saturated rings. The van der Waals surface area contributed by atoms with Crippen molar-refractivity contribution in [2.24, 2.45) is 5.41 Å². The second-order valence-electron chi connectivity index (χ2n) is 5.74. The van der Waals surface area contributed by atoms with Crippen molar-refractivity contribution in [2.75, 3.05) is 6.67 Å². The molecule has 0 saturated heterocycles. The molecule has 2 rings (SSSR count). The lowest BCUT2D eigenvalue weighted by molar-refractivity contribution is -0.191. The quantitative estimate of drug-likeness (QED) is 0.432. The van der Waals surface area contributed by atoms with E-state index in [0.29, 0.717) is 6.42 Å². The maximum atomic E-state index is 13.5. The number of allylic oxidation sites excluding steroid dienone is 2. The SMILES string of the molecule is O=C=O.O=S(=O)(OC1=CCC(CF)(Cc2ccccc2)CC1)C(F)(F)F. The maximum Gasteiger partial charge on any atom is 0.534 e. The summed E-state index contributed by atoms with van der Waals surface area (Å²) >= 11 is 0. The predicted molar refractivity (Wildman–Crippen MR) is 81.6 cm³/mol. The molecule has 1 atom stereocenters. The van der Waals surface area contributed by atoms with Gasteiger partial charge in [-0.3, -0.25) is 4.39 Å². The number of carbonyl (C=O) groups excluding carboxylic acids is 2. The minimum Gasteiger partial charge on any atom is -0.381 e. The van der Waals surface area contributed by atoms with E-state index in [1.807, 2.05) is 30.3 Å². The van der Waals surface area contributed by atoms with Crippen LogP contribution in [0.4, 0.5) is 17.6 Å². The molecule has 0 radical (unpaired) electrons. The molecule has 1 aromatic rings. The van der Waals surface area contributed by atoms with Gasteiger partial charge in [-0.15, -0.1) is 0 Å². The molecule has 1 aliphatic rings. The van der Waals surface area contributed by atoms with Crippen LogP contribution in [0.1, 0.15) is 24.8 Å². The van der Waals surface area contributed by atoms with Gasteiger partial charge in [-0.05, 0) is 30.9 Å². The van der Waals surface area contributed by atoms with Gasteiger partial charge in [0.25, 0.3) is 0 Å². The minimum absolute atomic E-state index is 0.0495. The zero-order valence-corrected chi connectivity index (χ0v) is 14.3. The van der Waals surface area contributed by atoms with E-state index in [2.05, 4.69) is 4.18 Å². The molecule has 5 nitrogen and oxygen atoms in total. The fourth-order valence-electron chi connectivity index (χ4n) is 2.54. The Kier molecular flexibility index (Phi) is 7.53. The van der Waals surface area contributed by atoms with E-state index in [1.165, 1.54) is 6.08 Å². The van der Waals surface area contributed by atoms with Crippen LogP contribution in [0.2, 0.25) is 0 Å². The Bertz CT molecular complexity index is 753. The highest BCUT2D eigenvalue weighted by Gasteiger charge is 2.49. The van der Waals surface area contributed by atoms with Crippen LogP contribution < -0.4 is 0 Å². The van der Waals surface area contributed by atoms with E-state index in [-0.39, 0.29) is 31.2 Å². The molecule has 0 bridgehead atoms. The topological polar surface area (TPSA) is 77.5 Å². The van der Waals surface area contributed by atoms with Gasteiger partial charge < -0.3 is 4.18 Å². The number of alkyl halides is 4. The summed E-state index contributed by atoms with van der Waals surface area (Å²) in [6.07, 6.45) is 2.22. The lowest BCUT2D eigenvalue weighted by Gasteiger charge is -2.33. The van der Waals surface area contributed by atoms with Gasteiger partial charge in [0.1, 0.15) is 5.76 Å². The summed E-state index contributed by atoms with van der Waals surface area (Å²) in [4.78, 5) is 16.2. The molecule has 1 aliphatic carbocycles. The van der Waals surface area contributed by atoms with Crippen LogP contribution in [0.5, 0.6) is 0 Å². The molecule has 0 heterocycles. The highest BCUT2D eigenvalue weighted by atomic mass is 32.2. The van der Waals surface area contributed by atoms with Gasteiger partial charge in [0.2, 0.25) is 0 Å². The van der Waals surface area contributed by atoms with Crippen molar-refractivity contribution in [3.05, 3.63) is 47.7 Å². The molecule has 26 heavy (non-hydrogen) atoms. The van der Waals surface area contributed by atoms with Crippen LogP contribution in [-0.4, -0.2) is 26.8 Å². The van der Waals surface area contributed by atoms with Crippen molar-refractivity contribution in [1.82, 2.24) is 0 Å². The third-order valence-corrected chi connectivity index (χ3v) is 4.87. The van der Waals surface area contributed by atoms with Crippen LogP contribution in [0, 0.1) is 5.41 Å². The molecule has 0 N–H and O–H groups in total. The van der Waals surface area contributed by atoms with E-state index in [1.54, 1.807) is 0 Å². The van der Waals surface area contributed by atoms with E-state index in [0.717, 1.165) is 5.56 Å². The summed E-state index contributed by atoms with van der Waals surface area (Å²) in [5, 5.41) is 0. The lowest BCUT2D eigenvalue weighted by Crippen LogP contribution is -2.30. The summed E-state index contributed by atoms with van der Waals surface area (Å²) in [7, 11) is -5.66. The summed E-state index contributed by atoms with van der Waals surface area (Å²) in [6.45, 7) is -0.641. The van der Waals surface area contributed by atoms with Gasteiger partial charge in [-0.2, -0.15) is 31.2 Å². The summed E-state index contributed by atoms with van der Waals surface area (Å²) < 4.78 is 76.5. The first kappa shape index (κ1) is 21.9. The van der Waals surface area contributed by atoms with Gasteiger partial charge in [-0.25, -0.2) is 0 Å². The molecular weight excluding hydrogens is 380 g/mol. The van der Waals surface area contributed by atoms with Crippen molar-refractivity contribution in [2.45, 2.75) is 31.2 Å². The smallest absolute Gasteiger partial charge is 0.381 e. The maximum absolute atomic E-state index is 13.5. The monoisotopic (exact) mass is 396 g/mol. The van der Waals surface area contributed by atoms with Crippen molar-refractivity contribution >= 4 is 16.3 Å². The Labute approximate surface area is 147 Å². The minimum atomic E-state index is -5.66. The van der Waals surface area contributed by atoms with Crippen LogP contribution in [0.25, 0.3) is 0 Å². The highest BCUT2D eigenvalue weighted by Crippen LogP contribution is 2.40. The number of halogens is 4. The first-order chi connectivity index (χ1) is 12.1. The lowest BCUT2D eigenvalue weighted by atomic mass is 9.73. The predicted octanol–water partition coefficient (Wildman–Crippen LogP) is 3.54. The summed E-state index contributed by atoms with van der Waals surface area (Å²) in [6, 6.07) is 9.18. The van der Waals surface area contributed by atoms with Gasteiger partial charge in [0.15, 0.2) is 0 Å². The van der Waals surface area contributed by atoms with E-state index >= 15 is 0 Å². The molecular formula is C16H16F4O5S. The van der Waals surface area contributed by atoms with Gasteiger partial charge in [0, 0.05) is 11.8 Å². The average molecular weight is 396 g/mol. The second kappa shape index (κ2) is 8.95. The summed E-state index contributed by atoms with van der Waals surface area (Å²) in [5.41, 5.74) is -5.28. The van der Waals surface area contributed by atoms with Crippen LogP contribution in [-0.2, 0) is 30.3 Å². The second-order valence-corrected chi connectivity index (χ2v) is 7.27. The third kappa shape index (κ3) is 5.96. The van der Waals surface area contributed by atoms with Crippen LogP contribution >= 0.6 is 0 Å². The molecule has 1 unspecified atom stereocenters.